The van der Waals surface area contributed by atoms with Crippen molar-refractivity contribution in [3.05, 3.63) is 65.7 Å². The third-order valence-electron chi connectivity index (χ3n) is 5.22. The lowest BCUT2D eigenvalue weighted by molar-refractivity contribution is -0.151. The van der Waals surface area contributed by atoms with Gasteiger partial charge >= 0.3 is 5.97 Å². The first-order chi connectivity index (χ1) is 13.0. The van der Waals surface area contributed by atoms with Gasteiger partial charge in [0.2, 0.25) is 0 Å². The van der Waals surface area contributed by atoms with Crippen molar-refractivity contribution < 1.29 is 19.1 Å². The maximum absolute atomic E-state index is 12.6. The van der Waals surface area contributed by atoms with Gasteiger partial charge in [0.05, 0.1) is 12.5 Å². The summed E-state index contributed by atoms with van der Waals surface area (Å²) >= 11 is 0. The van der Waals surface area contributed by atoms with Gasteiger partial charge in [-0.05, 0) is 43.0 Å². The highest BCUT2D eigenvalue weighted by atomic mass is 16.5. The van der Waals surface area contributed by atoms with Gasteiger partial charge in [-0.2, -0.15) is 0 Å². The molecule has 5 heteroatoms. The van der Waals surface area contributed by atoms with Gasteiger partial charge < -0.3 is 14.4 Å². The molecule has 0 N–H and O–H groups in total. The van der Waals surface area contributed by atoms with Crippen LogP contribution < -0.4 is 4.74 Å². The van der Waals surface area contributed by atoms with Crippen LogP contribution in [0.5, 0.6) is 5.75 Å². The molecule has 27 heavy (non-hydrogen) atoms. The fourth-order valence-corrected chi connectivity index (χ4v) is 3.64. The summed E-state index contributed by atoms with van der Waals surface area (Å²) in [5.41, 5.74) is 1.34. The van der Waals surface area contributed by atoms with E-state index in [4.69, 9.17) is 9.47 Å². The average molecular weight is 367 g/mol. The molecule has 5 nitrogen and oxygen atoms in total. The van der Waals surface area contributed by atoms with E-state index in [0.717, 1.165) is 11.1 Å². The van der Waals surface area contributed by atoms with Crippen molar-refractivity contribution in [3.8, 4) is 5.75 Å². The molecule has 0 saturated carbocycles. The molecular formula is C22H25NO4. The van der Waals surface area contributed by atoms with Crippen LogP contribution in [0.25, 0.3) is 0 Å². The minimum atomic E-state index is -0.690. The Bertz CT molecular complexity index is 795. The predicted molar refractivity (Wildman–Crippen MR) is 103 cm³/mol. The van der Waals surface area contributed by atoms with Gasteiger partial charge in [0.25, 0.3) is 5.91 Å². The molecule has 3 rings (SSSR count). The molecule has 0 aliphatic carbocycles. The van der Waals surface area contributed by atoms with Crippen LogP contribution in [0.2, 0.25) is 0 Å². The highest BCUT2D eigenvalue weighted by molar-refractivity contribution is 5.84. The molecule has 0 atom stereocenters. The second-order valence-corrected chi connectivity index (χ2v) is 6.93. The molecule has 1 aliphatic heterocycles. The second kappa shape index (κ2) is 8.25. The smallest absolute Gasteiger partial charge is 0.316 e. The van der Waals surface area contributed by atoms with Crippen LogP contribution >= 0.6 is 0 Å². The lowest BCUT2D eigenvalue weighted by Crippen LogP contribution is -2.50. The molecule has 0 spiro atoms. The molecule has 0 aromatic heterocycles. The summed E-state index contributed by atoms with van der Waals surface area (Å²) in [4.78, 5) is 26.8. The van der Waals surface area contributed by atoms with Crippen LogP contribution in [0.3, 0.4) is 0 Å². The van der Waals surface area contributed by atoms with Gasteiger partial charge in [-0.1, -0.05) is 42.5 Å². The van der Waals surface area contributed by atoms with E-state index in [-0.39, 0.29) is 18.5 Å². The molecule has 1 fully saturated rings. The van der Waals surface area contributed by atoms with Crippen LogP contribution in [0.4, 0.5) is 0 Å². The monoisotopic (exact) mass is 367 g/mol. The molecular weight excluding hydrogens is 342 g/mol. The zero-order chi connectivity index (χ0) is 19.3. The lowest BCUT2D eigenvalue weighted by atomic mass is 9.72. The Hall–Kier alpha value is -2.82. The van der Waals surface area contributed by atoms with Crippen molar-refractivity contribution >= 4 is 11.9 Å². The molecule has 0 unspecified atom stereocenters. The van der Waals surface area contributed by atoms with Crippen molar-refractivity contribution in [2.75, 3.05) is 26.8 Å². The fourth-order valence-electron chi connectivity index (χ4n) is 3.64. The average Bonchev–Trinajstić information content (AvgIpc) is 2.72. The summed E-state index contributed by atoms with van der Waals surface area (Å²) in [5, 5.41) is 0. The number of benzene rings is 2. The third-order valence-corrected chi connectivity index (χ3v) is 5.22. The number of aryl methyl sites for hydroxylation is 1. The first kappa shape index (κ1) is 19.0. The molecule has 142 valence electrons. The molecule has 2 aromatic rings. The Morgan fingerprint density at radius 1 is 1.04 bits per heavy atom. The third kappa shape index (κ3) is 4.13. The first-order valence-electron chi connectivity index (χ1n) is 9.16. The van der Waals surface area contributed by atoms with Crippen LogP contribution in [-0.4, -0.2) is 43.6 Å². The van der Waals surface area contributed by atoms with Crippen molar-refractivity contribution in [1.82, 2.24) is 4.90 Å². The number of amides is 1. The maximum Gasteiger partial charge on any atom is 0.316 e. The number of likely N-dealkylation sites (tertiary alicyclic amines) is 1. The number of rotatable bonds is 5. The molecule has 2 aromatic carbocycles. The summed E-state index contributed by atoms with van der Waals surface area (Å²) in [7, 11) is 1.42. The van der Waals surface area contributed by atoms with Crippen LogP contribution in [0, 0.1) is 6.92 Å². The number of hydrogen-bond donors (Lipinski definition) is 0. The van der Waals surface area contributed by atoms with Crippen molar-refractivity contribution in [1.29, 1.82) is 0 Å². The van der Waals surface area contributed by atoms with Gasteiger partial charge in [-0.15, -0.1) is 0 Å². The predicted octanol–water partition coefficient (Wildman–Crippen LogP) is 3.11. The largest absolute Gasteiger partial charge is 0.484 e. The standard InChI is InChI=1S/C22H25NO4/c1-17-7-6-10-19(15-17)27-16-20(24)23-13-11-22(12-14-23,21(25)26-2)18-8-4-3-5-9-18/h3-10,15H,11-14,16H2,1-2H3. The Balaban J connectivity index is 1.64. The van der Waals surface area contributed by atoms with E-state index in [9.17, 15) is 9.59 Å². The molecule has 1 amide bonds. The SMILES string of the molecule is COC(=O)C1(c2ccccc2)CCN(C(=O)COc2cccc(C)c2)CC1. The van der Waals surface area contributed by atoms with Gasteiger partial charge in [-0.25, -0.2) is 0 Å². The fraction of sp³-hybridized carbons (Fsp3) is 0.364. The quantitative estimate of drug-likeness (QED) is 0.762. The normalized spacial score (nSPS) is 15.9. The number of esters is 1. The number of ether oxygens (including phenoxy) is 2. The van der Waals surface area contributed by atoms with E-state index in [2.05, 4.69) is 0 Å². The summed E-state index contributed by atoms with van der Waals surface area (Å²) < 4.78 is 10.7. The van der Waals surface area contributed by atoms with E-state index < -0.39 is 5.41 Å². The summed E-state index contributed by atoms with van der Waals surface area (Å²) in [6.45, 7) is 2.98. The molecule has 0 bridgehead atoms. The Labute approximate surface area is 159 Å². The van der Waals surface area contributed by atoms with Crippen molar-refractivity contribution in [2.45, 2.75) is 25.2 Å². The maximum atomic E-state index is 12.6. The Morgan fingerprint density at radius 3 is 2.37 bits per heavy atom. The summed E-state index contributed by atoms with van der Waals surface area (Å²) in [6, 6.07) is 17.3. The molecule has 1 aliphatic rings. The van der Waals surface area contributed by atoms with E-state index in [1.165, 1.54) is 7.11 Å². The second-order valence-electron chi connectivity index (χ2n) is 6.93. The van der Waals surface area contributed by atoms with Gasteiger partial charge in [-0.3, -0.25) is 9.59 Å². The van der Waals surface area contributed by atoms with Crippen LogP contribution in [-0.2, 0) is 19.7 Å². The zero-order valence-corrected chi connectivity index (χ0v) is 15.8. The minimum absolute atomic E-state index is 0.0000144. The highest BCUT2D eigenvalue weighted by Crippen LogP contribution is 2.36. The van der Waals surface area contributed by atoms with Crippen molar-refractivity contribution in [3.63, 3.8) is 0 Å². The molecule has 0 radical (unpaired) electrons. The number of carbonyl (C=O) groups excluding carboxylic acids is 2. The molecule has 1 saturated heterocycles. The Kier molecular flexibility index (Phi) is 5.79. The number of hydrogen-bond acceptors (Lipinski definition) is 4. The van der Waals surface area contributed by atoms with Crippen LogP contribution in [0.15, 0.2) is 54.6 Å². The van der Waals surface area contributed by atoms with E-state index in [1.807, 2.05) is 61.5 Å². The van der Waals surface area contributed by atoms with E-state index >= 15 is 0 Å². The number of piperidine rings is 1. The highest BCUT2D eigenvalue weighted by Gasteiger charge is 2.44. The first-order valence-corrected chi connectivity index (χ1v) is 9.16. The van der Waals surface area contributed by atoms with E-state index in [1.54, 1.807) is 4.90 Å². The van der Waals surface area contributed by atoms with Gasteiger partial charge in [0.1, 0.15) is 5.75 Å². The van der Waals surface area contributed by atoms with Crippen molar-refractivity contribution in [2.24, 2.45) is 0 Å². The van der Waals surface area contributed by atoms with Gasteiger partial charge in [0.15, 0.2) is 6.61 Å². The van der Waals surface area contributed by atoms with E-state index in [0.29, 0.717) is 31.7 Å². The zero-order valence-electron chi connectivity index (χ0n) is 15.8. The number of nitrogens with zero attached hydrogens (tertiary/aromatic N) is 1. The van der Waals surface area contributed by atoms with Crippen LogP contribution in [0.1, 0.15) is 24.0 Å². The van der Waals surface area contributed by atoms with Gasteiger partial charge in [0, 0.05) is 13.1 Å². The minimum Gasteiger partial charge on any atom is -0.484 e. The Morgan fingerprint density at radius 2 is 1.74 bits per heavy atom. The topological polar surface area (TPSA) is 55.8 Å². The molecule has 1 heterocycles. The summed E-state index contributed by atoms with van der Waals surface area (Å²) in [5.74, 6) is 0.383. The lowest BCUT2D eigenvalue weighted by Gasteiger charge is -2.40. The summed E-state index contributed by atoms with van der Waals surface area (Å²) in [6.07, 6.45) is 1.08. The number of carbonyl (C=O) groups is 2. The number of methoxy groups -OCH3 is 1.